The fraction of sp³-hybridized carbons (Fsp3) is 0.636. The Hall–Kier alpha value is -2.14. The predicted octanol–water partition coefficient (Wildman–Crippen LogP) is -0.285. The number of carbonyl (C=O) groups excluding carboxylic acids is 3. The topological polar surface area (TPSA) is 126 Å². The number of hydrogen-bond donors (Lipinski definition) is 2. The molecule has 19 heavy (non-hydrogen) atoms. The first-order valence-electron chi connectivity index (χ1n) is 5.30. The van der Waals surface area contributed by atoms with E-state index in [9.17, 15) is 14.4 Å². The summed E-state index contributed by atoms with van der Waals surface area (Å²) in [6, 6.07) is 1.66. The van der Waals surface area contributed by atoms with E-state index in [0.29, 0.717) is 0 Å². The van der Waals surface area contributed by atoms with Crippen LogP contribution in [0.3, 0.4) is 0 Å². The van der Waals surface area contributed by atoms with E-state index in [-0.39, 0.29) is 25.9 Å². The molecular weight excluding hydrogens is 256 g/mol. The van der Waals surface area contributed by atoms with Gasteiger partial charge in [-0.1, -0.05) is 0 Å². The first-order chi connectivity index (χ1) is 8.81. The van der Waals surface area contributed by atoms with Crippen molar-refractivity contribution in [1.82, 2.24) is 5.32 Å². The fourth-order valence-corrected chi connectivity index (χ4v) is 0.373. The maximum atomic E-state index is 10.1. The molecule has 0 aromatic heterocycles. The molecule has 0 aromatic rings. The maximum absolute atomic E-state index is 10.1. The minimum Gasteiger partial charge on any atom is -0.450 e. The third-order valence-corrected chi connectivity index (χ3v) is 0.937. The van der Waals surface area contributed by atoms with Gasteiger partial charge in [-0.05, 0) is 6.92 Å². The monoisotopic (exact) mass is 276 g/mol. The number of nitrogens with one attached hydrogen (secondary N) is 1. The molecular formula is C11H20N2O6. The van der Waals surface area contributed by atoms with Gasteiger partial charge < -0.3 is 19.9 Å². The van der Waals surface area contributed by atoms with Gasteiger partial charge in [0.15, 0.2) is 13.3 Å². The van der Waals surface area contributed by atoms with E-state index in [2.05, 4.69) is 14.8 Å². The van der Waals surface area contributed by atoms with Crippen molar-refractivity contribution in [3.05, 3.63) is 0 Å². The number of aliphatic hydroxyl groups excluding tert-OH is 1. The van der Waals surface area contributed by atoms with E-state index in [0.717, 1.165) is 0 Å². The van der Waals surface area contributed by atoms with Crippen LogP contribution in [0.4, 0.5) is 0 Å². The number of rotatable bonds is 3. The lowest BCUT2D eigenvalue weighted by Gasteiger charge is -1.99. The van der Waals surface area contributed by atoms with Crippen molar-refractivity contribution in [3.63, 3.8) is 0 Å². The van der Waals surface area contributed by atoms with Gasteiger partial charge in [-0.25, -0.2) is 0 Å². The first-order valence-corrected chi connectivity index (χ1v) is 5.30. The Balaban J connectivity index is -0.000000228. The Labute approximate surface area is 112 Å². The van der Waals surface area contributed by atoms with E-state index in [1.807, 2.05) is 0 Å². The van der Waals surface area contributed by atoms with Crippen molar-refractivity contribution in [2.45, 2.75) is 27.7 Å². The van der Waals surface area contributed by atoms with Crippen molar-refractivity contribution < 1.29 is 29.0 Å². The molecule has 0 radical (unpaired) electrons. The van der Waals surface area contributed by atoms with Gasteiger partial charge in [0.2, 0.25) is 5.91 Å². The van der Waals surface area contributed by atoms with Gasteiger partial charge in [-0.15, -0.1) is 0 Å². The smallest absolute Gasteiger partial charge is 0.304 e. The number of aliphatic hydroxyl groups is 1. The number of carbonyl (C=O) groups is 3. The molecule has 110 valence electrons. The van der Waals surface area contributed by atoms with Gasteiger partial charge in [0.1, 0.15) is 6.07 Å². The van der Waals surface area contributed by atoms with Crippen LogP contribution in [0.5, 0.6) is 0 Å². The largest absolute Gasteiger partial charge is 0.450 e. The minimum atomic E-state index is -0.415. The SMILES string of the molecule is CC(=O)NCOC(C)=O.CC(=O)OCC#N.CCO. The lowest BCUT2D eigenvalue weighted by Crippen LogP contribution is -2.24. The van der Waals surface area contributed by atoms with Crippen LogP contribution in [-0.4, -0.2) is 42.9 Å². The van der Waals surface area contributed by atoms with Crippen molar-refractivity contribution in [1.29, 1.82) is 5.26 Å². The normalized spacial score (nSPS) is 7.37. The molecule has 2 N–H and O–H groups in total. The highest BCUT2D eigenvalue weighted by molar-refractivity contribution is 5.73. The van der Waals surface area contributed by atoms with E-state index < -0.39 is 11.9 Å². The zero-order valence-corrected chi connectivity index (χ0v) is 11.6. The third kappa shape index (κ3) is 49.3. The zero-order chi connectivity index (χ0) is 15.7. The average molecular weight is 276 g/mol. The second kappa shape index (κ2) is 18.2. The van der Waals surface area contributed by atoms with Crippen molar-refractivity contribution in [3.8, 4) is 6.07 Å². The van der Waals surface area contributed by atoms with Gasteiger partial charge in [0.25, 0.3) is 0 Å². The maximum Gasteiger partial charge on any atom is 0.304 e. The highest BCUT2D eigenvalue weighted by atomic mass is 16.5. The van der Waals surface area contributed by atoms with Crippen LogP contribution in [0.1, 0.15) is 27.7 Å². The summed E-state index contributed by atoms with van der Waals surface area (Å²) in [5, 5.41) is 17.7. The van der Waals surface area contributed by atoms with E-state index in [4.69, 9.17) is 10.4 Å². The Morgan fingerprint density at radius 2 is 1.58 bits per heavy atom. The van der Waals surface area contributed by atoms with Crippen molar-refractivity contribution in [2.24, 2.45) is 0 Å². The van der Waals surface area contributed by atoms with Crippen LogP contribution >= 0.6 is 0 Å². The number of amides is 1. The van der Waals surface area contributed by atoms with E-state index in [1.165, 1.54) is 20.8 Å². The van der Waals surface area contributed by atoms with Gasteiger partial charge >= 0.3 is 11.9 Å². The third-order valence-electron chi connectivity index (χ3n) is 0.937. The summed E-state index contributed by atoms with van der Waals surface area (Å²) in [4.78, 5) is 30.0. The summed E-state index contributed by atoms with van der Waals surface area (Å²) in [6.45, 7) is 5.64. The standard InChI is InChI=1S/C5H9NO3.C4H5NO2.C2H6O/c1-4(7)6-3-9-5(2)8;1-4(6)7-3-2-5;1-2-3/h3H2,1-2H3,(H,6,7);3H2,1H3;3H,2H2,1H3. The Morgan fingerprint density at radius 3 is 1.79 bits per heavy atom. The van der Waals surface area contributed by atoms with Crippen LogP contribution in [0.15, 0.2) is 0 Å². The fourth-order valence-electron chi connectivity index (χ4n) is 0.373. The average Bonchev–Trinajstić information content (AvgIpc) is 2.27. The molecule has 0 atom stereocenters. The second-order valence-electron chi connectivity index (χ2n) is 2.77. The van der Waals surface area contributed by atoms with Crippen LogP contribution < -0.4 is 5.32 Å². The molecule has 0 fully saturated rings. The highest BCUT2D eigenvalue weighted by Gasteiger charge is 1.91. The predicted molar refractivity (Wildman–Crippen MR) is 65.5 cm³/mol. The van der Waals surface area contributed by atoms with Gasteiger partial charge in [-0.2, -0.15) is 5.26 Å². The molecule has 0 rings (SSSR count). The number of esters is 2. The van der Waals surface area contributed by atoms with Crippen LogP contribution in [-0.2, 0) is 23.9 Å². The summed E-state index contributed by atoms with van der Waals surface area (Å²) < 4.78 is 8.57. The quantitative estimate of drug-likeness (QED) is 0.536. The summed E-state index contributed by atoms with van der Waals surface area (Å²) >= 11 is 0. The molecule has 0 spiro atoms. The Kier molecular flexibility index (Phi) is 21.2. The summed E-state index contributed by atoms with van der Waals surface area (Å²) in [6.07, 6.45) is 0. The Morgan fingerprint density at radius 1 is 1.16 bits per heavy atom. The van der Waals surface area contributed by atoms with E-state index >= 15 is 0 Å². The lowest BCUT2D eigenvalue weighted by molar-refractivity contribution is -0.142. The molecule has 8 heteroatoms. The zero-order valence-electron chi connectivity index (χ0n) is 11.6. The van der Waals surface area contributed by atoms with Gasteiger partial charge in [0, 0.05) is 27.4 Å². The second-order valence-corrected chi connectivity index (χ2v) is 2.77. The number of nitriles is 1. The van der Waals surface area contributed by atoms with Gasteiger partial charge in [0.05, 0.1) is 0 Å². The summed E-state index contributed by atoms with van der Waals surface area (Å²) in [7, 11) is 0. The van der Waals surface area contributed by atoms with Crippen molar-refractivity contribution >= 4 is 17.8 Å². The minimum absolute atomic E-state index is 0.0370. The molecule has 8 nitrogen and oxygen atoms in total. The van der Waals surface area contributed by atoms with Gasteiger partial charge in [-0.3, -0.25) is 14.4 Å². The molecule has 0 bridgehead atoms. The summed E-state index contributed by atoms with van der Waals surface area (Å²) in [5.74, 6) is -1.03. The number of hydrogen-bond acceptors (Lipinski definition) is 7. The molecule has 0 saturated carbocycles. The van der Waals surface area contributed by atoms with Crippen molar-refractivity contribution in [2.75, 3.05) is 19.9 Å². The van der Waals surface area contributed by atoms with Crippen LogP contribution in [0.2, 0.25) is 0 Å². The van der Waals surface area contributed by atoms with Crippen LogP contribution in [0.25, 0.3) is 0 Å². The van der Waals surface area contributed by atoms with E-state index in [1.54, 1.807) is 13.0 Å². The molecule has 0 heterocycles. The molecule has 0 aliphatic rings. The Bertz CT molecular complexity index is 284. The number of nitrogens with zero attached hydrogens (tertiary/aromatic N) is 1. The highest BCUT2D eigenvalue weighted by Crippen LogP contribution is 1.71. The molecule has 0 aliphatic carbocycles. The first kappa shape index (κ1) is 22.1. The van der Waals surface area contributed by atoms with Crippen LogP contribution in [0, 0.1) is 11.3 Å². The molecule has 0 aromatic carbocycles. The summed E-state index contributed by atoms with van der Waals surface area (Å²) in [5.41, 5.74) is 0. The molecule has 0 aliphatic heterocycles. The molecule has 0 saturated heterocycles. The lowest BCUT2D eigenvalue weighted by atomic mass is 10.7. The molecule has 1 amide bonds. The molecule has 0 unspecified atom stereocenters. The number of ether oxygens (including phenoxy) is 2.